The zero-order valence-corrected chi connectivity index (χ0v) is 35.3. The van der Waals surface area contributed by atoms with Crippen molar-refractivity contribution >= 4 is 51.4 Å². The zero-order valence-electron chi connectivity index (χ0n) is 35.3. The van der Waals surface area contributed by atoms with E-state index in [1.807, 2.05) is 35.5 Å². The molecule has 8 heterocycles. The lowest BCUT2D eigenvalue weighted by Crippen LogP contribution is -2.49. The fraction of sp³-hybridized carbons (Fsp3) is 0.426. The van der Waals surface area contributed by atoms with Crippen LogP contribution in [0.4, 0.5) is 11.8 Å². The monoisotopic (exact) mass is 834 g/mol. The molecule has 0 radical (unpaired) electrons. The van der Waals surface area contributed by atoms with Crippen LogP contribution in [0.15, 0.2) is 79.3 Å². The van der Waals surface area contributed by atoms with Crippen LogP contribution in [-0.4, -0.2) is 127 Å². The summed E-state index contributed by atoms with van der Waals surface area (Å²) in [6.07, 6.45) is 10.5. The first-order chi connectivity index (χ1) is 30.3. The van der Waals surface area contributed by atoms with Crippen molar-refractivity contribution in [3.05, 3.63) is 96.1 Å². The number of fused-ring (bicyclic) bond motifs is 2. The molecule has 4 aliphatic heterocycles. The van der Waals surface area contributed by atoms with Crippen LogP contribution < -0.4 is 15.5 Å². The van der Waals surface area contributed by atoms with Crippen molar-refractivity contribution in [1.82, 2.24) is 49.7 Å². The summed E-state index contributed by atoms with van der Waals surface area (Å²) in [7, 11) is 2.13. The van der Waals surface area contributed by atoms with Crippen LogP contribution in [0.2, 0.25) is 0 Å². The Kier molecular flexibility index (Phi) is 11.1. The third kappa shape index (κ3) is 8.38. The molecule has 6 aromatic rings. The third-order valence-corrected chi connectivity index (χ3v) is 13.7. The number of carbonyl (C=O) groups excluding carboxylic acids is 3. The number of likely N-dealkylation sites (tertiary alicyclic amines) is 2. The number of aromatic amines is 1. The quantitative estimate of drug-likeness (QED) is 0.156. The summed E-state index contributed by atoms with van der Waals surface area (Å²) < 4.78 is 2.24. The molecule has 320 valence electrons. The molecule has 1 atom stereocenters. The van der Waals surface area contributed by atoms with Crippen LogP contribution in [-0.2, 0) is 23.2 Å². The smallest absolute Gasteiger partial charge is 0.253 e. The minimum Gasteiger partial charge on any atom is -0.354 e. The van der Waals surface area contributed by atoms with Crippen molar-refractivity contribution in [2.45, 2.75) is 57.0 Å². The first-order valence-corrected chi connectivity index (χ1v) is 22.2. The number of hydrogen-bond acceptors (Lipinski definition) is 11. The number of benzene rings is 2. The molecular formula is C47H54N12O3. The van der Waals surface area contributed by atoms with E-state index in [1.165, 1.54) is 27.8 Å². The van der Waals surface area contributed by atoms with Gasteiger partial charge in [-0.15, -0.1) is 0 Å². The Labute approximate surface area is 360 Å². The SMILES string of the molecule is Cn1c(CN2CCC(c3ccc(C(=O)N4CCC(CN5CCN(c6ccnc(NC7CCC(=O)NC7=O)n6)CC5)CC4)cc3)CC2)cc2c(-c3ccc4[nH]ncc4c3)ccnc21. The summed E-state index contributed by atoms with van der Waals surface area (Å²) in [5.41, 5.74) is 7.78. The largest absolute Gasteiger partial charge is 0.354 e. The Hall–Kier alpha value is -6.19. The topological polar surface area (TPSA) is 161 Å². The van der Waals surface area contributed by atoms with Gasteiger partial charge in [0.05, 0.1) is 11.7 Å². The molecule has 0 bridgehead atoms. The molecule has 4 aliphatic rings. The lowest BCUT2D eigenvalue weighted by molar-refractivity contribution is -0.133. The first-order valence-electron chi connectivity index (χ1n) is 22.2. The van der Waals surface area contributed by atoms with Gasteiger partial charge in [0.15, 0.2) is 0 Å². The average molecular weight is 835 g/mol. The van der Waals surface area contributed by atoms with Crippen molar-refractivity contribution < 1.29 is 14.4 Å². The van der Waals surface area contributed by atoms with E-state index in [-0.39, 0.29) is 17.7 Å². The van der Waals surface area contributed by atoms with E-state index in [9.17, 15) is 14.4 Å². The number of nitrogens with zero attached hydrogens (tertiary/aromatic N) is 9. The Morgan fingerprint density at radius 3 is 2.40 bits per heavy atom. The average Bonchev–Trinajstić information content (AvgIpc) is 3.91. The first kappa shape index (κ1) is 39.9. The highest BCUT2D eigenvalue weighted by Crippen LogP contribution is 2.34. The van der Waals surface area contributed by atoms with E-state index in [2.05, 4.69) is 99.6 Å². The molecule has 1 unspecified atom stereocenters. The zero-order chi connectivity index (χ0) is 42.2. The summed E-state index contributed by atoms with van der Waals surface area (Å²) in [6.45, 7) is 9.19. The molecule has 0 aliphatic carbocycles. The minimum absolute atomic E-state index is 0.143. The molecule has 4 saturated heterocycles. The van der Waals surface area contributed by atoms with Crippen molar-refractivity contribution in [2.24, 2.45) is 13.0 Å². The Morgan fingerprint density at radius 2 is 1.61 bits per heavy atom. The summed E-state index contributed by atoms with van der Waals surface area (Å²) >= 11 is 0. The van der Waals surface area contributed by atoms with E-state index in [0.717, 1.165) is 119 Å². The Bertz CT molecular complexity index is 2580. The van der Waals surface area contributed by atoms with E-state index in [1.54, 1.807) is 6.20 Å². The Morgan fingerprint density at radius 1 is 0.823 bits per heavy atom. The van der Waals surface area contributed by atoms with Crippen LogP contribution in [0, 0.1) is 5.92 Å². The summed E-state index contributed by atoms with van der Waals surface area (Å²) in [5.74, 6) is 1.86. The van der Waals surface area contributed by atoms with Gasteiger partial charge in [-0.2, -0.15) is 10.1 Å². The van der Waals surface area contributed by atoms with Crippen LogP contribution in [0.3, 0.4) is 0 Å². The minimum atomic E-state index is -0.513. The van der Waals surface area contributed by atoms with Crippen molar-refractivity contribution in [3.8, 4) is 11.1 Å². The van der Waals surface area contributed by atoms with Gasteiger partial charge < -0.3 is 19.7 Å². The molecule has 4 fully saturated rings. The van der Waals surface area contributed by atoms with Crippen molar-refractivity contribution in [1.29, 1.82) is 0 Å². The van der Waals surface area contributed by atoms with Crippen molar-refractivity contribution in [2.75, 3.05) is 69.1 Å². The predicted octanol–water partition coefficient (Wildman–Crippen LogP) is 5.18. The molecule has 0 spiro atoms. The molecule has 15 heteroatoms. The number of piperidine rings is 3. The van der Waals surface area contributed by atoms with Gasteiger partial charge in [0, 0.05) is 100 Å². The molecule has 2 aromatic carbocycles. The lowest BCUT2D eigenvalue weighted by Gasteiger charge is -2.39. The summed E-state index contributed by atoms with van der Waals surface area (Å²) in [5, 5.41) is 15.0. The fourth-order valence-electron chi connectivity index (χ4n) is 9.94. The summed E-state index contributed by atoms with van der Waals surface area (Å²) in [4.78, 5) is 60.5. The van der Waals surface area contributed by atoms with Crippen LogP contribution in [0.1, 0.15) is 66.1 Å². The van der Waals surface area contributed by atoms with Gasteiger partial charge in [-0.3, -0.25) is 34.6 Å². The van der Waals surface area contributed by atoms with Crippen LogP contribution in [0.25, 0.3) is 33.1 Å². The molecule has 10 rings (SSSR count). The highest BCUT2D eigenvalue weighted by atomic mass is 16.2. The standard InChI is InChI=1S/C47H54N12O3/c1-55-37(27-39-38(10-16-48-44(39)55)35-6-7-40-36(26-35)28-50-54-40)30-56-18-14-33(15-19-56)32-2-4-34(5-3-32)46(62)59-20-12-31(13-21-59)29-57-22-24-58(25-23-57)42-11-17-49-47(52-42)51-41-8-9-43(60)53-45(41)61/h2-7,10-11,16-17,26-28,31,33,41H,8-9,12-15,18-25,29-30H2,1H3,(H,50,54)(H,49,51,52)(H,53,60,61). The fourth-order valence-corrected chi connectivity index (χ4v) is 9.94. The van der Waals surface area contributed by atoms with Gasteiger partial charge in [0.25, 0.3) is 5.91 Å². The maximum absolute atomic E-state index is 13.6. The number of anilines is 2. The van der Waals surface area contributed by atoms with Crippen LogP contribution >= 0.6 is 0 Å². The molecule has 4 aromatic heterocycles. The number of rotatable bonds is 10. The molecule has 62 heavy (non-hydrogen) atoms. The van der Waals surface area contributed by atoms with E-state index in [0.29, 0.717) is 30.6 Å². The maximum Gasteiger partial charge on any atom is 0.253 e. The highest BCUT2D eigenvalue weighted by Gasteiger charge is 2.30. The number of nitrogens with one attached hydrogen (secondary N) is 3. The third-order valence-electron chi connectivity index (χ3n) is 13.7. The highest BCUT2D eigenvalue weighted by molar-refractivity contribution is 6.01. The maximum atomic E-state index is 13.6. The molecular weight excluding hydrogens is 781 g/mol. The van der Waals surface area contributed by atoms with E-state index >= 15 is 0 Å². The Balaban J connectivity index is 0.667. The van der Waals surface area contributed by atoms with E-state index < -0.39 is 6.04 Å². The number of imide groups is 1. The van der Waals surface area contributed by atoms with Crippen molar-refractivity contribution in [3.63, 3.8) is 0 Å². The number of H-pyrrole nitrogens is 1. The molecule has 3 N–H and O–H groups in total. The van der Waals surface area contributed by atoms with Crippen LogP contribution in [0.5, 0.6) is 0 Å². The lowest BCUT2D eigenvalue weighted by atomic mass is 9.88. The number of amides is 3. The molecule has 0 saturated carbocycles. The number of hydrogen-bond donors (Lipinski definition) is 3. The van der Waals surface area contributed by atoms with Gasteiger partial charge in [0.1, 0.15) is 17.5 Å². The molecule has 3 amide bonds. The number of pyridine rings is 1. The van der Waals surface area contributed by atoms with Gasteiger partial charge >= 0.3 is 0 Å². The summed E-state index contributed by atoms with van der Waals surface area (Å²) in [6, 6.07) is 20.7. The second-order valence-corrected chi connectivity index (χ2v) is 17.5. The number of carbonyl (C=O) groups is 3. The second-order valence-electron chi connectivity index (χ2n) is 17.5. The molecule has 15 nitrogen and oxygen atoms in total. The van der Waals surface area contributed by atoms with Gasteiger partial charge in [-0.25, -0.2) is 9.97 Å². The number of piperazine rings is 1. The van der Waals surface area contributed by atoms with Gasteiger partial charge in [-0.1, -0.05) is 18.2 Å². The van der Waals surface area contributed by atoms with Gasteiger partial charge in [0.2, 0.25) is 17.8 Å². The second kappa shape index (κ2) is 17.3. The normalized spacial score (nSPS) is 20.0. The number of aryl methyl sites for hydroxylation is 1. The number of aromatic nitrogens is 6. The van der Waals surface area contributed by atoms with Gasteiger partial charge in [-0.05, 0) is 116 Å². The van der Waals surface area contributed by atoms with E-state index in [4.69, 9.17) is 4.98 Å². The predicted molar refractivity (Wildman–Crippen MR) is 239 cm³/mol.